The molecular weight excluding hydrogens is 394 g/mol. The van der Waals surface area contributed by atoms with E-state index in [0.717, 1.165) is 12.8 Å². The SMILES string of the molecule is CCOC(=O)C1(COS(=O)(=O)ON2C(=O)N3CC2CCC3C(N)=O)CCCC1. The fourth-order valence-corrected chi connectivity index (χ4v) is 4.87. The number of nitrogens with two attached hydrogens (primary N) is 1. The Morgan fingerprint density at radius 3 is 2.54 bits per heavy atom. The predicted octanol–water partition coefficient (Wildman–Crippen LogP) is 0.0568. The summed E-state index contributed by atoms with van der Waals surface area (Å²) in [6.45, 7) is 1.60. The van der Waals surface area contributed by atoms with Gasteiger partial charge in [0.05, 0.1) is 24.7 Å². The molecule has 3 amide bonds. The molecule has 0 radical (unpaired) electrons. The predicted molar refractivity (Wildman–Crippen MR) is 93.4 cm³/mol. The Hall–Kier alpha value is -1.92. The molecule has 12 heteroatoms. The molecule has 28 heavy (non-hydrogen) atoms. The third-order valence-corrected chi connectivity index (χ3v) is 6.32. The minimum atomic E-state index is -4.59. The molecule has 3 fully saturated rings. The Labute approximate surface area is 163 Å². The van der Waals surface area contributed by atoms with E-state index in [1.165, 1.54) is 4.90 Å². The number of rotatable bonds is 8. The third-order valence-electron chi connectivity index (χ3n) is 5.57. The number of carbonyl (C=O) groups is 3. The van der Waals surface area contributed by atoms with E-state index < -0.39 is 52.4 Å². The number of nitrogens with zero attached hydrogens (tertiary/aromatic N) is 2. The number of carbonyl (C=O) groups excluding carboxylic acids is 3. The van der Waals surface area contributed by atoms with Gasteiger partial charge in [-0.3, -0.25) is 9.59 Å². The Kier molecular flexibility index (Phi) is 5.82. The fourth-order valence-electron chi connectivity index (χ4n) is 4.07. The molecule has 2 N–H and O–H groups in total. The van der Waals surface area contributed by atoms with Crippen molar-refractivity contribution in [2.24, 2.45) is 11.1 Å². The van der Waals surface area contributed by atoms with Gasteiger partial charge in [0, 0.05) is 6.54 Å². The Morgan fingerprint density at radius 1 is 1.25 bits per heavy atom. The van der Waals surface area contributed by atoms with Crippen LogP contribution in [0.1, 0.15) is 45.4 Å². The molecule has 0 aromatic rings. The van der Waals surface area contributed by atoms with Gasteiger partial charge >= 0.3 is 22.4 Å². The summed E-state index contributed by atoms with van der Waals surface area (Å²) in [6.07, 6.45) is 3.15. The van der Waals surface area contributed by atoms with Crippen molar-refractivity contribution in [2.75, 3.05) is 19.8 Å². The van der Waals surface area contributed by atoms with Crippen LogP contribution in [0.3, 0.4) is 0 Å². The van der Waals surface area contributed by atoms with E-state index in [2.05, 4.69) is 0 Å². The average molecular weight is 419 g/mol. The first-order chi connectivity index (χ1) is 13.2. The average Bonchev–Trinajstić information content (AvgIpc) is 3.21. The van der Waals surface area contributed by atoms with E-state index in [9.17, 15) is 22.8 Å². The lowest BCUT2D eigenvalue weighted by molar-refractivity contribution is -0.157. The maximum Gasteiger partial charge on any atom is 0.421 e. The van der Waals surface area contributed by atoms with Crippen LogP contribution in [0.2, 0.25) is 0 Å². The molecule has 2 saturated heterocycles. The van der Waals surface area contributed by atoms with Crippen molar-refractivity contribution >= 4 is 28.3 Å². The van der Waals surface area contributed by atoms with Gasteiger partial charge in [0.2, 0.25) is 5.91 Å². The first-order valence-corrected chi connectivity index (χ1v) is 10.7. The highest BCUT2D eigenvalue weighted by Crippen LogP contribution is 2.40. The molecule has 2 aliphatic heterocycles. The standard InChI is InChI=1S/C16H25N3O8S/c1-2-25-14(21)16(7-3-4-8-16)10-26-28(23,24)27-19-11-5-6-12(13(17)20)18(9-11)15(19)22/h11-12H,2-10H2,1H3,(H2,17,20). The number of hydroxylamine groups is 2. The monoisotopic (exact) mass is 419 g/mol. The maximum absolute atomic E-state index is 12.4. The smallest absolute Gasteiger partial charge is 0.421 e. The zero-order valence-electron chi connectivity index (χ0n) is 15.7. The quantitative estimate of drug-likeness (QED) is 0.543. The van der Waals surface area contributed by atoms with Crippen LogP contribution in [0.25, 0.3) is 0 Å². The largest absolute Gasteiger partial charge is 0.465 e. The molecule has 2 unspecified atom stereocenters. The van der Waals surface area contributed by atoms with E-state index in [0.29, 0.717) is 30.7 Å². The number of amides is 3. The topological polar surface area (TPSA) is 146 Å². The molecule has 0 aromatic heterocycles. The van der Waals surface area contributed by atoms with E-state index in [1.54, 1.807) is 6.92 Å². The van der Waals surface area contributed by atoms with Crippen LogP contribution in [-0.4, -0.2) is 68.1 Å². The second kappa shape index (κ2) is 7.84. The summed E-state index contributed by atoms with van der Waals surface area (Å²) in [4.78, 5) is 37.4. The molecule has 1 saturated carbocycles. The second-order valence-corrected chi connectivity index (χ2v) is 8.56. The number of esters is 1. The zero-order valence-corrected chi connectivity index (χ0v) is 16.5. The minimum Gasteiger partial charge on any atom is -0.465 e. The highest BCUT2D eigenvalue weighted by atomic mass is 32.3. The Balaban J connectivity index is 1.65. The summed E-state index contributed by atoms with van der Waals surface area (Å²) >= 11 is 0. The molecule has 1 aliphatic carbocycles. The first-order valence-electron chi connectivity index (χ1n) is 9.34. The maximum atomic E-state index is 12.4. The van der Waals surface area contributed by atoms with E-state index in [4.69, 9.17) is 18.9 Å². The third kappa shape index (κ3) is 3.94. The van der Waals surface area contributed by atoms with Gasteiger partial charge in [-0.25, -0.2) is 8.98 Å². The Morgan fingerprint density at radius 2 is 1.93 bits per heavy atom. The van der Waals surface area contributed by atoms with E-state index >= 15 is 0 Å². The number of hydrogen-bond donors (Lipinski definition) is 1. The van der Waals surface area contributed by atoms with Gasteiger partial charge in [-0.05, 0) is 32.6 Å². The molecule has 3 aliphatic rings. The Bertz CT molecular complexity index is 749. The van der Waals surface area contributed by atoms with Crippen LogP contribution in [0, 0.1) is 5.41 Å². The number of urea groups is 1. The van der Waals surface area contributed by atoms with Crippen molar-refractivity contribution in [1.82, 2.24) is 9.96 Å². The molecule has 0 aromatic carbocycles. The van der Waals surface area contributed by atoms with Crippen LogP contribution in [0.5, 0.6) is 0 Å². The molecule has 2 bridgehead atoms. The summed E-state index contributed by atoms with van der Waals surface area (Å²) in [5.41, 5.74) is 4.26. The van der Waals surface area contributed by atoms with E-state index in [1.807, 2.05) is 0 Å². The van der Waals surface area contributed by atoms with Gasteiger partial charge < -0.3 is 15.4 Å². The molecule has 3 rings (SSSR count). The molecule has 2 atom stereocenters. The van der Waals surface area contributed by atoms with Gasteiger partial charge in [0.1, 0.15) is 6.04 Å². The lowest BCUT2D eigenvalue weighted by atomic mass is 9.87. The van der Waals surface area contributed by atoms with Crippen molar-refractivity contribution < 1.29 is 36.0 Å². The normalized spacial score (nSPS) is 26.5. The zero-order chi connectivity index (χ0) is 20.5. The summed E-state index contributed by atoms with van der Waals surface area (Å²) in [5.74, 6) is -1.14. The number of hydrogen-bond acceptors (Lipinski definition) is 8. The van der Waals surface area contributed by atoms with Gasteiger partial charge in [-0.1, -0.05) is 12.8 Å². The number of piperidine rings is 1. The van der Waals surface area contributed by atoms with Crippen molar-refractivity contribution in [3.8, 4) is 0 Å². The molecule has 0 spiro atoms. The van der Waals surface area contributed by atoms with Crippen LogP contribution >= 0.6 is 0 Å². The highest BCUT2D eigenvalue weighted by Gasteiger charge is 2.50. The second-order valence-electron chi connectivity index (χ2n) is 7.36. The highest BCUT2D eigenvalue weighted by molar-refractivity contribution is 7.81. The lowest BCUT2D eigenvalue weighted by Crippen LogP contribution is -2.47. The van der Waals surface area contributed by atoms with Crippen LogP contribution in [0.15, 0.2) is 0 Å². The van der Waals surface area contributed by atoms with Crippen molar-refractivity contribution in [1.29, 1.82) is 0 Å². The summed E-state index contributed by atoms with van der Waals surface area (Å²) in [5, 5.41) is 0.712. The number of ether oxygens (including phenoxy) is 1. The van der Waals surface area contributed by atoms with E-state index in [-0.39, 0.29) is 13.2 Å². The molecule has 2 heterocycles. The van der Waals surface area contributed by atoms with Crippen molar-refractivity contribution in [3.63, 3.8) is 0 Å². The lowest BCUT2D eigenvalue weighted by Gasteiger charge is -2.27. The molecule has 11 nitrogen and oxygen atoms in total. The fraction of sp³-hybridized carbons (Fsp3) is 0.812. The van der Waals surface area contributed by atoms with Gasteiger partial charge in [-0.15, -0.1) is 4.28 Å². The molecular formula is C16H25N3O8S. The first kappa shape index (κ1) is 20.8. The van der Waals surface area contributed by atoms with Crippen LogP contribution in [-0.2, 0) is 33.2 Å². The van der Waals surface area contributed by atoms with Gasteiger partial charge in [-0.2, -0.15) is 13.5 Å². The molecule has 158 valence electrons. The summed E-state index contributed by atoms with van der Waals surface area (Å²) in [6, 6.07) is -2.06. The van der Waals surface area contributed by atoms with Crippen LogP contribution < -0.4 is 5.73 Å². The summed E-state index contributed by atoms with van der Waals surface area (Å²) in [7, 11) is -4.59. The number of fused-ring (bicyclic) bond motifs is 2. The summed E-state index contributed by atoms with van der Waals surface area (Å²) < 4.78 is 39.5. The van der Waals surface area contributed by atoms with Gasteiger partial charge in [0.15, 0.2) is 0 Å². The minimum absolute atomic E-state index is 0.148. The van der Waals surface area contributed by atoms with Gasteiger partial charge in [0.25, 0.3) is 0 Å². The van der Waals surface area contributed by atoms with Crippen molar-refractivity contribution in [3.05, 3.63) is 0 Å². The van der Waals surface area contributed by atoms with Crippen LogP contribution in [0.4, 0.5) is 4.79 Å². The number of primary amides is 1. The van der Waals surface area contributed by atoms with Crippen molar-refractivity contribution in [2.45, 2.75) is 57.5 Å².